The molecule has 1 aromatic carbocycles. The fourth-order valence-electron chi connectivity index (χ4n) is 2.50. The molecular formula is C16H20N4. The smallest absolute Gasteiger partial charge is 0.138 e. The van der Waals surface area contributed by atoms with E-state index in [-0.39, 0.29) is 5.41 Å². The number of aromatic nitrogens is 2. The van der Waals surface area contributed by atoms with Gasteiger partial charge in [-0.15, -0.1) is 0 Å². The van der Waals surface area contributed by atoms with Crippen LogP contribution in [0.1, 0.15) is 32.2 Å². The number of nitrogen functional groups attached to an aromatic ring is 1. The molecule has 0 saturated heterocycles. The standard InChI is InChI=1S/C16H20N4/c1-16(2,3)15-18-13(17)10-14(19-15)20-9-8-11-6-4-5-7-12(11)20/h4-7,10H,8-9H2,1-3H3,(H2,17,18,19). The summed E-state index contributed by atoms with van der Waals surface area (Å²) in [5.41, 5.74) is 8.45. The fraction of sp³-hybridized carbons (Fsp3) is 0.375. The summed E-state index contributed by atoms with van der Waals surface area (Å²) in [7, 11) is 0. The van der Waals surface area contributed by atoms with E-state index in [1.807, 2.05) is 6.07 Å². The van der Waals surface area contributed by atoms with Gasteiger partial charge < -0.3 is 10.6 Å². The molecule has 4 nitrogen and oxygen atoms in total. The maximum absolute atomic E-state index is 5.97. The molecule has 20 heavy (non-hydrogen) atoms. The van der Waals surface area contributed by atoms with Crippen molar-refractivity contribution in [1.82, 2.24) is 9.97 Å². The Kier molecular flexibility index (Phi) is 2.89. The molecule has 3 rings (SSSR count). The van der Waals surface area contributed by atoms with Crippen molar-refractivity contribution < 1.29 is 0 Å². The minimum absolute atomic E-state index is 0.108. The van der Waals surface area contributed by atoms with Gasteiger partial charge in [-0.25, -0.2) is 9.97 Å². The summed E-state index contributed by atoms with van der Waals surface area (Å²) in [6.07, 6.45) is 1.05. The van der Waals surface area contributed by atoms with Crippen molar-refractivity contribution in [2.45, 2.75) is 32.6 Å². The van der Waals surface area contributed by atoms with Crippen LogP contribution < -0.4 is 10.6 Å². The van der Waals surface area contributed by atoms with Gasteiger partial charge in [-0.2, -0.15) is 0 Å². The molecule has 0 aliphatic carbocycles. The van der Waals surface area contributed by atoms with Crippen LogP contribution in [0.5, 0.6) is 0 Å². The van der Waals surface area contributed by atoms with Crippen LogP contribution in [0.15, 0.2) is 30.3 Å². The molecule has 4 heteroatoms. The van der Waals surface area contributed by atoms with Crippen LogP contribution in [-0.4, -0.2) is 16.5 Å². The zero-order chi connectivity index (χ0) is 14.3. The zero-order valence-corrected chi connectivity index (χ0v) is 12.2. The molecule has 0 saturated carbocycles. The Hall–Kier alpha value is -2.10. The Morgan fingerprint density at radius 1 is 1.15 bits per heavy atom. The maximum atomic E-state index is 5.97. The van der Waals surface area contributed by atoms with Crippen molar-refractivity contribution in [3.63, 3.8) is 0 Å². The van der Waals surface area contributed by atoms with Crippen LogP contribution in [0.3, 0.4) is 0 Å². The highest BCUT2D eigenvalue weighted by molar-refractivity contribution is 5.68. The average Bonchev–Trinajstić information content (AvgIpc) is 2.80. The van der Waals surface area contributed by atoms with Gasteiger partial charge in [-0.1, -0.05) is 39.0 Å². The molecule has 0 radical (unpaired) electrons. The molecule has 2 N–H and O–H groups in total. The van der Waals surface area contributed by atoms with Gasteiger partial charge in [-0.3, -0.25) is 0 Å². The Morgan fingerprint density at radius 2 is 1.90 bits per heavy atom. The normalized spacial score (nSPS) is 14.4. The van der Waals surface area contributed by atoms with Crippen LogP contribution in [0, 0.1) is 0 Å². The van der Waals surface area contributed by atoms with E-state index < -0.39 is 0 Å². The highest BCUT2D eigenvalue weighted by Crippen LogP contribution is 2.34. The number of para-hydroxylation sites is 1. The van der Waals surface area contributed by atoms with Crippen molar-refractivity contribution in [1.29, 1.82) is 0 Å². The van der Waals surface area contributed by atoms with Crippen LogP contribution in [0.4, 0.5) is 17.3 Å². The Bertz CT molecular complexity index is 643. The summed E-state index contributed by atoms with van der Waals surface area (Å²) < 4.78 is 0. The molecular weight excluding hydrogens is 248 g/mol. The molecule has 2 aromatic rings. The summed E-state index contributed by atoms with van der Waals surface area (Å²) >= 11 is 0. The third kappa shape index (κ3) is 2.22. The highest BCUT2D eigenvalue weighted by atomic mass is 15.2. The summed E-state index contributed by atoms with van der Waals surface area (Å²) in [5.74, 6) is 2.22. The molecule has 0 bridgehead atoms. The lowest BCUT2D eigenvalue weighted by atomic mass is 9.96. The number of hydrogen-bond acceptors (Lipinski definition) is 4. The monoisotopic (exact) mass is 268 g/mol. The van der Waals surface area contributed by atoms with Crippen molar-refractivity contribution in [3.05, 3.63) is 41.7 Å². The minimum Gasteiger partial charge on any atom is -0.384 e. The number of rotatable bonds is 1. The van der Waals surface area contributed by atoms with Crippen molar-refractivity contribution in [2.24, 2.45) is 0 Å². The largest absolute Gasteiger partial charge is 0.384 e. The van der Waals surface area contributed by atoms with E-state index in [4.69, 9.17) is 10.7 Å². The van der Waals surface area contributed by atoms with Gasteiger partial charge in [-0.05, 0) is 18.1 Å². The number of fused-ring (bicyclic) bond motifs is 1. The zero-order valence-electron chi connectivity index (χ0n) is 12.2. The topological polar surface area (TPSA) is 55.0 Å². The van der Waals surface area contributed by atoms with E-state index in [1.165, 1.54) is 11.3 Å². The summed E-state index contributed by atoms with van der Waals surface area (Å²) in [4.78, 5) is 11.3. The summed E-state index contributed by atoms with van der Waals surface area (Å²) in [6, 6.07) is 10.3. The number of hydrogen-bond donors (Lipinski definition) is 1. The minimum atomic E-state index is -0.108. The van der Waals surface area contributed by atoms with Gasteiger partial charge in [0, 0.05) is 23.7 Å². The second-order valence-corrected chi connectivity index (χ2v) is 6.25. The molecule has 0 unspecified atom stereocenters. The van der Waals surface area contributed by atoms with Gasteiger partial charge >= 0.3 is 0 Å². The Labute approximate surface area is 119 Å². The number of anilines is 3. The molecule has 1 aromatic heterocycles. The first-order chi connectivity index (χ1) is 9.45. The van der Waals surface area contributed by atoms with E-state index in [1.54, 1.807) is 0 Å². The van der Waals surface area contributed by atoms with Gasteiger partial charge in [0.15, 0.2) is 0 Å². The fourth-order valence-corrected chi connectivity index (χ4v) is 2.50. The first kappa shape index (κ1) is 12.9. The number of nitrogens with two attached hydrogens (primary N) is 1. The van der Waals surface area contributed by atoms with Crippen LogP contribution >= 0.6 is 0 Å². The van der Waals surface area contributed by atoms with Gasteiger partial charge in [0.25, 0.3) is 0 Å². The molecule has 1 aliphatic heterocycles. The molecule has 0 spiro atoms. The molecule has 0 fully saturated rings. The number of benzene rings is 1. The van der Waals surface area contributed by atoms with Gasteiger partial charge in [0.05, 0.1) is 0 Å². The Morgan fingerprint density at radius 3 is 2.65 bits per heavy atom. The van der Waals surface area contributed by atoms with Gasteiger partial charge in [0.1, 0.15) is 17.5 Å². The molecule has 1 aliphatic rings. The summed E-state index contributed by atoms with van der Waals surface area (Å²) in [6.45, 7) is 7.25. The average molecular weight is 268 g/mol. The van der Waals surface area contributed by atoms with E-state index in [0.717, 1.165) is 24.6 Å². The maximum Gasteiger partial charge on any atom is 0.138 e. The predicted molar refractivity (Wildman–Crippen MR) is 82.3 cm³/mol. The first-order valence-corrected chi connectivity index (χ1v) is 6.95. The van der Waals surface area contributed by atoms with E-state index in [2.05, 4.69) is 54.9 Å². The Balaban J connectivity index is 2.06. The SMILES string of the molecule is CC(C)(C)c1nc(N)cc(N2CCc3ccccc32)n1. The third-order valence-electron chi connectivity index (χ3n) is 3.57. The molecule has 0 amide bonds. The van der Waals surface area contributed by atoms with E-state index in [9.17, 15) is 0 Å². The van der Waals surface area contributed by atoms with Crippen molar-refractivity contribution in [3.8, 4) is 0 Å². The molecule has 2 heterocycles. The van der Waals surface area contributed by atoms with Gasteiger partial charge in [0.2, 0.25) is 0 Å². The number of nitrogens with zero attached hydrogens (tertiary/aromatic N) is 3. The second-order valence-electron chi connectivity index (χ2n) is 6.25. The van der Waals surface area contributed by atoms with Crippen LogP contribution in [-0.2, 0) is 11.8 Å². The van der Waals surface area contributed by atoms with Crippen molar-refractivity contribution in [2.75, 3.05) is 17.2 Å². The van der Waals surface area contributed by atoms with Crippen molar-refractivity contribution >= 4 is 17.3 Å². The predicted octanol–water partition coefficient (Wildman–Crippen LogP) is 3.05. The molecule has 104 valence electrons. The van der Waals surface area contributed by atoms with E-state index in [0.29, 0.717) is 5.82 Å². The van der Waals surface area contributed by atoms with Crippen LogP contribution in [0.25, 0.3) is 0 Å². The van der Waals surface area contributed by atoms with E-state index >= 15 is 0 Å². The quantitative estimate of drug-likeness (QED) is 0.863. The highest BCUT2D eigenvalue weighted by Gasteiger charge is 2.24. The lowest BCUT2D eigenvalue weighted by Gasteiger charge is -2.22. The summed E-state index contributed by atoms with van der Waals surface area (Å²) in [5, 5.41) is 0. The van der Waals surface area contributed by atoms with Crippen LogP contribution in [0.2, 0.25) is 0 Å². The molecule has 0 atom stereocenters. The lowest BCUT2D eigenvalue weighted by Crippen LogP contribution is -2.21. The first-order valence-electron chi connectivity index (χ1n) is 6.95. The third-order valence-corrected chi connectivity index (χ3v) is 3.57. The lowest BCUT2D eigenvalue weighted by molar-refractivity contribution is 0.546. The second kappa shape index (κ2) is 4.47.